The van der Waals surface area contributed by atoms with Gasteiger partial charge in [-0.15, -0.1) is 0 Å². The van der Waals surface area contributed by atoms with Crippen LogP contribution in [0.3, 0.4) is 0 Å². The first-order valence-corrected chi connectivity index (χ1v) is 7.43. The molecule has 0 aliphatic rings. The normalized spacial score (nSPS) is 13.0. The van der Waals surface area contributed by atoms with Gasteiger partial charge >= 0.3 is 13.8 Å². The highest BCUT2D eigenvalue weighted by atomic mass is 31.2. The summed E-state index contributed by atoms with van der Waals surface area (Å²) < 4.78 is 20.8. The van der Waals surface area contributed by atoms with Gasteiger partial charge in [0.25, 0.3) is 5.69 Å². The van der Waals surface area contributed by atoms with Crippen molar-refractivity contribution < 1.29 is 28.2 Å². The van der Waals surface area contributed by atoms with Gasteiger partial charge in [0.05, 0.1) is 10.5 Å². The quantitative estimate of drug-likeness (QED) is 0.511. The summed E-state index contributed by atoms with van der Waals surface area (Å²) in [6, 6.07) is 12.2. The van der Waals surface area contributed by atoms with E-state index in [1.165, 1.54) is 30.3 Å². The maximum Gasteiger partial charge on any atom is 0.587 e. The molecule has 1 unspecified atom stereocenters. The zero-order valence-electron chi connectivity index (χ0n) is 11.0. The van der Waals surface area contributed by atoms with Crippen LogP contribution in [0.1, 0.15) is 10.4 Å². The Morgan fingerprint density at radius 3 is 2.45 bits per heavy atom. The second-order valence-corrected chi connectivity index (χ2v) is 5.36. The summed E-state index contributed by atoms with van der Waals surface area (Å²) >= 11 is 0. The van der Waals surface area contributed by atoms with E-state index in [1.807, 2.05) is 0 Å². The van der Waals surface area contributed by atoms with E-state index in [1.54, 1.807) is 18.2 Å². The minimum absolute atomic E-state index is 0.0418. The molecular weight excluding hydrogens is 313 g/mol. The number of nitrogens with zero attached hydrogens (tertiary/aromatic N) is 1. The first-order chi connectivity index (χ1) is 10.4. The molecule has 0 amide bonds. The van der Waals surface area contributed by atoms with Crippen molar-refractivity contribution in [3.8, 4) is 5.75 Å². The number of carbonyl (C=O) groups excluding carboxylic acids is 1. The van der Waals surface area contributed by atoms with Crippen LogP contribution in [0.2, 0.25) is 0 Å². The molecule has 8 nitrogen and oxygen atoms in total. The van der Waals surface area contributed by atoms with Gasteiger partial charge in [-0.05, 0) is 18.2 Å². The summed E-state index contributed by atoms with van der Waals surface area (Å²) in [6.45, 7) is 0. The molecule has 0 bridgehead atoms. The molecule has 114 valence electrons. The number of para-hydroxylation sites is 1. The molecule has 0 saturated carbocycles. The minimum Gasteiger partial charge on any atom is -0.395 e. The lowest BCUT2D eigenvalue weighted by Crippen LogP contribution is -2.07. The number of hydrogen-bond donors (Lipinski definition) is 1. The molecule has 0 spiro atoms. The van der Waals surface area contributed by atoms with Crippen molar-refractivity contribution in [2.75, 3.05) is 0 Å². The lowest BCUT2D eigenvalue weighted by molar-refractivity contribution is -0.384. The van der Waals surface area contributed by atoms with Crippen molar-refractivity contribution in [2.45, 2.75) is 0 Å². The Morgan fingerprint density at radius 2 is 1.82 bits per heavy atom. The van der Waals surface area contributed by atoms with Crippen LogP contribution < -0.4 is 4.52 Å². The van der Waals surface area contributed by atoms with Gasteiger partial charge in [-0.3, -0.25) is 15.0 Å². The Hall–Kier alpha value is -2.70. The molecule has 0 aliphatic heterocycles. The fourth-order valence-electron chi connectivity index (χ4n) is 1.54. The van der Waals surface area contributed by atoms with Crippen molar-refractivity contribution in [3.05, 3.63) is 70.3 Å². The van der Waals surface area contributed by atoms with Crippen molar-refractivity contribution >= 4 is 19.5 Å². The number of nitro groups is 1. The van der Waals surface area contributed by atoms with E-state index in [0.717, 1.165) is 6.07 Å². The molecule has 2 aromatic rings. The van der Waals surface area contributed by atoms with Gasteiger partial charge in [0, 0.05) is 12.1 Å². The molecule has 22 heavy (non-hydrogen) atoms. The zero-order valence-corrected chi connectivity index (χ0v) is 11.9. The van der Waals surface area contributed by atoms with E-state index in [9.17, 15) is 24.4 Å². The second kappa shape index (κ2) is 6.38. The van der Waals surface area contributed by atoms with Gasteiger partial charge in [0.1, 0.15) is 5.75 Å². The van der Waals surface area contributed by atoms with Crippen LogP contribution in [-0.2, 0) is 9.09 Å². The monoisotopic (exact) mass is 323 g/mol. The lowest BCUT2D eigenvalue weighted by atomic mass is 10.2. The predicted octanol–water partition coefficient (Wildman–Crippen LogP) is 2.93. The van der Waals surface area contributed by atoms with Gasteiger partial charge in [-0.1, -0.05) is 24.3 Å². The number of carbonyl (C=O) groups is 1. The fourth-order valence-corrected chi connectivity index (χ4v) is 2.28. The maximum absolute atomic E-state index is 11.8. The maximum atomic E-state index is 11.8. The number of phosphoric ester groups is 1. The van der Waals surface area contributed by atoms with Crippen molar-refractivity contribution in [2.24, 2.45) is 0 Å². The van der Waals surface area contributed by atoms with Gasteiger partial charge in [-0.25, -0.2) is 9.36 Å². The van der Waals surface area contributed by atoms with Crippen LogP contribution in [0, 0.1) is 10.1 Å². The molecular formula is C13H10NO7P. The Morgan fingerprint density at radius 1 is 1.14 bits per heavy atom. The van der Waals surface area contributed by atoms with Crippen LogP contribution in [0.5, 0.6) is 5.75 Å². The molecule has 0 heterocycles. The third-order valence-corrected chi connectivity index (χ3v) is 3.29. The van der Waals surface area contributed by atoms with Gasteiger partial charge in [0.2, 0.25) is 0 Å². The molecule has 1 atom stereocenters. The summed E-state index contributed by atoms with van der Waals surface area (Å²) in [7, 11) is -4.69. The van der Waals surface area contributed by atoms with E-state index in [2.05, 4.69) is 4.52 Å². The van der Waals surface area contributed by atoms with Crippen LogP contribution in [0.4, 0.5) is 5.69 Å². The summed E-state index contributed by atoms with van der Waals surface area (Å²) in [5.41, 5.74) is -0.577. The van der Waals surface area contributed by atoms with Gasteiger partial charge in [-0.2, -0.15) is 0 Å². The zero-order chi connectivity index (χ0) is 16.2. The standard InChI is InChI=1S/C13H10NO7P/c15-13(10-5-4-6-11(9-10)14(16)17)21-22(18,19)20-12-7-2-1-3-8-12/h1-9H,(H,18,19). The van der Waals surface area contributed by atoms with E-state index in [0.29, 0.717) is 0 Å². The van der Waals surface area contributed by atoms with Crippen LogP contribution >= 0.6 is 7.82 Å². The number of rotatable bonds is 5. The summed E-state index contributed by atoms with van der Waals surface area (Å²) in [5, 5.41) is 10.6. The third kappa shape index (κ3) is 4.15. The number of hydrogen-bond acceptors (Lipinski definition) is 6. The lowest BCUT2D eigenvalue weighted by Gasteiger charge is -2.12. The number of benzene rings is 2. The minimum atomic E-state index is -4.69. The molecule has 0 aliphatic carbocycles. The number of phosphoric acid groups is 1. The fraction of sp³-hybridized carbons (Fsp3) is 0. The van der Waals surface area contributed by atoms with E-state index in [4.69, 9.17) is 4.52 Å². The second-order valence-electron chi connectivity index (χ2n) is 4.06. The van der Waals surface area contributed by atoms with E-state index in [-0.39, 0.29) is 17.0 Å². The van der Waals surface area contributed by atoms with Gasteiger partial charge < -0.3 is 9.05 Å². The first-order valence-electron chi connectivity index (χ1n) is 5.93. The van der Waals surface area contributed by atoms with E-state index < -0.39 is 18.7 Å². The summed E-state index contributed by atoms with van der Waals surface area (Å²) in [4.78, 5) is 31.2. The highest BCUT2D eigenvalue weighted by Crippen LogP contribution is 2.44. The largest absolute Gasteiger partial charge is 0.587 e. The smallest absolute Gasteiger partial charge is 0.395 e. The molecule has 0 aromatic heterocycles. The molecule has 9 heteroatoms. The predicted molar refractivity (Wildman–Crippen MR) is 75.4 cm³/mol. The van der Waals surface area contributed by atoms with Gasteiger partial charge in [0.15, 0.2) is 0 Å². The Balaban J connectivity index is 2.12. The molecule has 2 aromatic carbocycles. The van der Waals surface area contributed by atoms with E-state index >= 15 is 0 Å². The molecule has 0 fully saturated rings. The summed E-state index contributed by atoms with van der Waals surface area (Å²) in [5.74, 6) is -1.16. The first kappa shape index (κ1) is 15.7. The topological polar surface area (TPSA) is 116 Å². The SMILES string of the molecule is O=C(OP(=O)(O)Oc1ccccc1)c1cccc([N+](=O)[O-])c1. The van der Waals surface area contributed by atoms with Crippen molar-refractivity contribution in [3.63, 3.8) is 0 Å². The molecule has 0 saturated heterocycles. The Kier molecular flexibility index (Phi) is 4.55. The van der Waals surface area contributed by atoms with Crippen LogP contribution in [0.15, 0.2) is 54.6 Å². The highest BCUT2D eigenvalue weighted by Gasteiger charge is 2.29. The number of non-ortho nitro benzene ring substituents is 1. The number of nitro benzene ring substituents is 1. The highest BCUT2D eigenvalue weighted by molar-refractivity contribution is 7.48. The van der Waals surface area contributed by atoms with Crippen LogP contribution in [-0.4, -0.2) is 15.8 Å². The average molecular weight is 323 g/mol. The molecule has 0 radical (unpaired) electrons. The molecule has 1 N–H and O–H groups in total. The summed E-state index contributed by atoms with van der Waals surface area (Å²) in [6.07, 6.45) is 0. The molecule has 2 rings (SSSR count). The van der Waals surface area contributed by atoms with Crippen molar-refractivity contribution in [1.29, 1.82) is 0 Å². The Bertz CT molecular complexity index is 747. The van der Waals surface area contributed by atoms with Crippen molar-refractivity contribution in [1.82, 2.24) is 0 Å². The third-order valence-electron chi connectivity index (χ3n) is 2.45. The van der Waals surface area contributed by atoms with Crippen LogP contribution in [0.25, 0.3) is 0 Å². The average Bonchev–Trinajstić information content (AvgIpc) is 2.47. The Labute approximate surface area is 124 Å².